The van der Waals surface area contributed by atoms with Gasteiger partial charge in [-0.25, -0.2) is 0 Å². The van der Waals surface area contributed by atoms with Crippen LogP contribution in [-0.4, -0.2) is 32.7 Å². The van der Waals surface area contributed by atoms with E-state index in [1.54, 1.807) is 0 Å². The van der Waals surface area contributed by atoms with Gasteiger partial charge in [-0.05, 0) is 35.2 Å². The first-order chi connectivity index (χ1) is 9.17. The Hall–Kier alpha value is -1.43. The predicted octanol–water partition coefficient (Wildman–Crippen LogP) is 2.19. The fourth-order valence-corrected chi connectivity index (χ4v) is 2.00. The minimum atomic E-state index is -0.225. The van der Waals surface area contributed by atoms with E-state index < -0.39 is 0 Å². The van der Waals surface area contributed by atoms with Gasteiger partial charge in [-0.3, -0.25) is 0 Å². The van der Waals surface area contributed by atoms with Crippen molar-refractivity contribution in [3.63, 3.8) is 0 Å². The summed E-state index contributed by atoms with van der Waals surface area (Å²) in [7, 11) is 0. The van der Waals surface area contributed by atoms with Crippen LogP contribution in [-0.2, 0) is 6.42 Å². The lowest BCUT2D eigenvalue weighted by Crippen LogP contribution is -2.27. The molecule has 1 aromatic carbocycles. The van der Waals surface area contributed by atoms with Crippen molar-refractivity contribution in [2.24, 2.45) is 0 Å². The zero-order valence-corrected chi connectivity index (χ0v) is 11.4. The Morgan fingerprint density at radius 1 is 1.05 bits per heavy atom. The Morgan fingerprint density at radius 2 is 1.68 bits per heavy atom. The quantitative estimate of drug-likeness (QED) is 0.885. The summed E-state index contributed by atoms with van der Waals surface area (Å²) < 4.78 is 0. The summed E-state index contributed by atoms with van der Waals surface area (Å²) >= 11 is 11.4. The Bertz CT molecular complexity index is 518. The standard InChI is InChI=1S/C12H12Cl2N4O/c13-10-16-11(14)18-12(17-10)15-9(7-19)6-8-4-2-1-3-5-8/h1-5,9,19H,6-7H2,(H,15,16,17,18). The average Bonchev–Trinajstić information content (AvgIpc) is 2.38. The number of hydrogen-bond donors (Lipinski definition) is 2. The van der Waals surface area contributed by atoms with Gasteiger partial charge in [0.25, 0.3) is 0 Å². The number of aliphatic hydroxyl groups excluding tert-OH is 1. The molecule has 2 N–H and O–H groups in total. The highest BCUT2D eigenvalue weighted by molar-refractivity contribution is 6.31. The van der Waals surface area contributed by atoms with Gasteiger partial charge >= 0.3 is 0 Å². The molecule has 7 heteroatoms. The van der Waals surface area contributed by atoms with Crippen LogP contribution in [0, 0.1) is 0 Å². The normalized spacial score (nSPS) is 12.2. The van der Waals surface area contributed by atoms with E-state index in [1.165, 1.54) is 0 Å². The number of anilines is 1. The Kier molecular flexibility index (Phi) is 4.90. The van der Waals surface area contributed by atoms with Crippen LogP contribution in [0.3, 0.4) is 0 Å². The van der Waals surface area contributed by atoms with Crippen molar-refractivity contribution in [1.82, 2.24) is 15.0 Å². The van der Waals surface area contributed by atoms with Gasteiger partial charge in [0, 0.05) is 0 Å². The number of rotatable bonds is 5. The molecule has 0 aliphatic carbocycles. The summed E-state index contributed by atoms with van der Waals surface area (Å²) in [6, 6.07) is 9.57. The minimum absolute atomic E-state index is 0.0129. The number of hydrogen-bond acceptors (Lipinski definition) is 5. The molecule has 1 unspecified atom stereocenters. The van der Waals surface area contributed by atoms with E-state index in [1.807, 2.05) is 30.3 Å². The maximum atomic E-state index is 9.39. The number of aliphatic hydroxyl groups is 1. The summed E-state index contributed by atoms with van der Waals surface area (Å²) in [4.78, 5) is 11.5. The summed E-state index contributed by atoms with van der Waals surface area (Å²) in [5, 5.41) is 12.4. The molecule has 0 spiro atoms. The van der Waals surface area contributed by atoms with E-state index in [4.69, 9.17) is 23.2 Å². The van der Waals surface area contributed by atoms with E-state index in [0.29, 0.717) is 6.42 Å². The highest BCUT2D eigenvalue weighted by atomic mass is 35.5. The van der Waals surface area contributed by atoms with Gasteiger partial charge in [-0.15, -0.1) is 0 Å². The third kappa shape index (κ3) is 4.31. The summed E-state index contributed by atoms with van der Waals surface area (Å²) in [6.07, 6.45) is 0.637. The van der Waals surface area contributed by atoms with E-state index in [-0.39, 0.29) is 29.2 Å². The molecule has 0 saturated carbocycles. The maximum Gasteiger partial charge on any atom is 0.228 e. The molecule has 0 aliphatic heterocycles. The molecule has 1 atom stereocenters. The van der Waals surface area contributed by atoms with Crippen molar-refractivity contribution in [2.45, 2.75) is 12.5 Å². The van der Waals surface area contributed by atoms with E-state index in [9.17, 15) is 5.11 Å². The second-order valence-corrected chi connectivity index (χ2v) is 4.59. The third-order valence-electron chi connectivity index (χ3n) is 2.46. The molecule has 5 nitrogen and oxygen atoms in total. The van der Waals surface area contributed by atoms with Crippen molar-refractivity contribution in [2.75, 3.05) is 11.9 Å². The maximum absolute atomic E-state index is 9.39. The zero-order chi connectivity index (χ0) is 13.7. The molecule has 0 amide bonds. The molecule has 0 bridgehead atoms. The molecule has 0 fully saturated rings. The van der Waals surface area contributed by atoms with Crippen molar-refractivity contribution >= 4 is 29.2 Å². The molecule has 0 saturated heterocycles. The van der Waals surface area contributed by atoms with Gasteiger partial charge in [0.1, 0.15) is 0 Å². The molecule has 100 valence electrons. The van der Waals surface area contributed by atoms with Crippen LogP contribution in [0.2, 0.25) is 10.6 Å². The zero-order valence-electron chi connectivity index (χ0n) is 9.92. The van der Waals surface area contributed by atoms with Crippen molar-refractivity contribution in [3.8, 4) is 0 Å². The number of benzene rings is 1. The molecular weight excluding hydrogens is 287 g/mol. The largest absolute Gasteiger partial charge is 0.394 e. The van der Waals surface area contributed by atoms with Gasteiger partial charge in [0.15, 0.2) is 0 Å². The van der Waals surface area contributed by atoms with Crippen molar-refractivity contribution in [1.29, 1.82) is 0 Å². The van der Waals surface area contributed by atoms with Crippen LogP contribution in [0.4, 0.5) is 5.95 Å². The van der Waals surface area contributed by atoms with Crippen LogP contribution in [0.5, 0.6) is 0 Å². The smallest absolute Gasteiger partial charge is 0.228 e. The second kappa shape index (κ2) is 6.65. The van der Waals surface area contributed by atoms with Gasteiger partial charge in [-0.2, -0.15) is 15.0 Å². The van der Waals surface area contributed by atoms with Crippen molar-refractivity contribution < 1.29 is 5.11 Å². The van der Waals surface area contributed by atoms with Crippen LogP contribution in [0.25, 0.3) is 0 Å². The third-order valence-corrected chi connectivity index (χ3v) is 2.80. The number of nitrogens with one attached hydrogen (secondary N) is 1. The molecule has 2 aromatic rings. The average molecular weight is 299 g/mol. The first-order valence-corrected chi connectivity index (χ1v) is 6.41. The second-order valence-electron chi connectivity index (χ2n) is 3.91. The van der Waals surface area contributed by atoms with Crippen LogP contribution >= 0.6 is 23.2 Å². The van der Waals surface area contributed by atoms with Crippen LogP contribution in [0.1, 0.15) is 5.56 Å². The topological polar surface area (TPSA) is 70.9 Å². The molecule has 1 aromatic heterocycles. The number of halogens is 2. The lowest BCUT2D eigenvalue weighted by molar-refractivity contribution is 0.273. The molecule has 2 rings (SSSR count). The first-order valence-electron chi connectivity index (χ1n) is 5.66. The highest BCUT2D eigenvalue weighted by Crippen LogP contribution is 2.12. The molecule has 0 aliphatic rings. The number of nitrogens with zero attached hydrogens (tertiary/aromatic N) is 3. The molecule has 0 radical (unpaired) electrons. The lowest BCUT2D eigenvalue weighted by Gasteiger charge is -2.16. The Morgan fingerprint density at radius 3 is 2.26 bits per heavy atom. The fraction of sp³-hybridized carbons (Fsp3) is 0.250. The van der Waals surface area contributed by atoms with Gasteiger partial charge in [0.2, 0.25) is 16.5 Å². The number of aromatic nitrogens is 3. The highest BCUT2D eigenvalue weighted by Gasteiger charge is 2.11. The Labute approximate surface area is 120 Å². The molecular formula is C12H12Cl2N4O. The van der Waals surface area contributed by atoms with E-state index in [2.05, 4.69) is 20.3 Å². The van der Waals surface area contributed by atoms with Gasteiger partial charge < -0.3 is 10.4 Å². The van der Waals surface area contributed by atoms with E-state index >= 15 is 0 Å². The van der Waals surface area contributed by atoms with Gasteiger partial charge in [0.05, 0.1) is 12.6 Å². The summed E-state index contributed by atoms with van der Waals surface area (Å²) in [5.74, 6) is 0.250. The minimum Gasteiger partial charge on any atom is -0.394 e. The van der Waals surface area contributed by atoms with Crippen LogP contribution in [0.15, 0.2) is 30.3 Å². The summed E-state index contributed by atoms with van der Waals surface area (Å²) in [6.45, 7) is -0.0597. The monoisotopic (exact) mass is 298 g/mol. The fourth-order valence-electron chi connectivity index (χ4n) is 1.63. The van der Waals surface area contributed by atoms with E-state index in [0.717, 1.165) is 5.56 Å². The lowest BCUT2D eigenvalue weighted by atomic mass is 10.1. The van der Waals surface area contributed by atoms with Gasteiger partial charge in [-0.1, -0.05) is 30.3 Å². The molecule has 1 heterocycles. The predicted molar refractivity (Wildman–Crippen MR) is 74.5 cm³/mol. The SMILES string of the molecule is OCC(Cc1ccccc1)Nc1nc(Cl)nc(Cl)n1. The molecule has 19 heavy (non-hydrogen) atoms. The van der Waals surface area contributed by atoms with Crippen molar-refractivity contribution in [3.05, 3.63) is 46.5 Å². The van der Waals surface area contributed by atoms with Crippen LogP contribution < -0.4 is 5.32 Å². The first kappa shape index (κ1) is 14.0. The summed E-state index contributed by atoms with van der Waals surface area (Å²) in [5.41, 5.74) is 1.10. The Balaban J connectivity index is 2.06.